The molecule has 3 aromatic rings. The standard InChI is InChI=1S/C22H23N3O3S2/c26-22(24-15-21-23-13-14-29-21)18-11-12-20(17-7-3-1-4-8-17)25(16-18)30(27,28)19-9-5-2-6-10-19/h1-10,13-14,18,20H,11-12,15-16H2,(H,24,26). The van der Waals surface area contributed by atoms with Gasteiger partial charge in [0, 0.05) is 18.1 Å². The van der Waals surface area contributed by atoms with Crippen LogP contribution in [0.2, 0.25) is 0 Å². The summed E-state index contributed by atoms with van der Waals surface area (Å²) in [7, 11) is -3.74. The number of aromatic nitrogens is 1. The topological polar surface area (TPSA) is 79.4 Å². The van der Waals surface area contributed by atoms with Crippen LogP contribution in [0.4, 0.5) is 0 Å². The van der Waals surface area contributed by atoms with Crippen molar-refractivity contribution >= 4 is 27.3 Å². The number of hydrogen-bond acceptors (Lipinski definition) is 5. The first kappa shape index (κ1) is 20.7. The van der Waals surface area contributed by atoms with Gasteiger partial charge in [0.05, 0.1) is 23.4 Å². The Morgan fingerprint density at radius 1 is 1.07 bits per heavy atom. The molecule has 0 radical (unpaired) electrons. The summed E-state index contributed by atoms with van der Waals surface area (Å²) in [4.78, 5) is 17.2. The highest BCUT2D eigenvalue weighted by Gasteiger charge is 2.39. The molecule has 1 aliphatic heterocycles. The molecule has 0 spiro atoms. The van der Waals surface area contributed by atoms with Gasteiger partial charge >= 0.3 is 0 Å². The predicted molar refractivity (Wildman–Crippen MR) is 116 cm³/mol. The van der Waals surface area contributed by atoms with Crippen molar-refractivity contribution in [3.05, 3.63) is 82.8 Å². The summed E-state index contributed by atoms with van der Waals surface area (Å²) in [6.07, 6.45) is 2.92. The average Bonchev–Trinajstić information content (AvgIpc) is 3.32. The summed E-state index contributed by atoms with van der Waals surface area (Å²) in [5, 5.41) is 5.60. The van der Waals surface area contributed by atoms with E-state index in [1.807, 2.05) is 35.7 Å². The summed E-state index contributed by atoms with van der Waals surface area (Å²) in [6.45, 7) is 0.515. The van der Waals surface area contributed by atoms with Gasteiger partial charge in [0.2, 0.25) is 15.9 Å². The second-order valence-electron chi connectivity index (χ2n) is 7.23. The number of hydrogen-bond donors (Lipinski definition) is 1. The van der Waals surface area contributed by atoms with Crippen molar-refractivity contribution in [3.8, 4) is 0 Å². The molecule has 2 heterocycles. The molecule has 1 aromatic heterocycles. The molecule has 1 N–H and O–H groups in total. The van der Waals surface area contributed by atoms with Crippen molar-refractivity contribution in [1.82, 2.24) is 14.6 Å². The fourth-order valence-electron chi connectivity index (χ4n) is 3.80. The first-order chi connectivity index (χ1) is 14.6. The summed E-state index contributed by atoms with van der Waals surface area (Å²) >= 11 is 1.48. The zero-order chi connectivity index (χ0) is 21.0. The predicted octanol–water partition coefficient (Wildman–Crippen LogP) is 3.60. The van der Waals surface area contributed by atoms with Gasteiger partial charge in [0.25, 0.3) is 0 Å². The van der Waals surface area contributed by atoms with Crippen molar-refractivity contribution in [1.29, 1.82) is 0 Å². The Labute approximate surface area is 180 Å². The van der Waals surface area contributed by atoms with Crippen molar-refractivity contribution in [3.63, 3.8) is 0 Å². The van der Waals surface area contributed by atoms with Gasteiger partial charge in [-0.05, 0) is 30.5 Å². The molecule has 1 aliphatic rings. The fourth-order valence-corrected chi connectivity index (χ4v) is 6.07. The van der Waals surface area contributed by atoms with Crippen LogP contribution in [0.3, 0.4) is 0 Å². The Balaban J connectivity index is 1.58. The SMILES string of the molecule is O=C(NCc1nccs1)C1CCC(c2ccccc2)N(S(=O)(=O)c2ccccc2)C1. The Morgan fingerprint density at radius 3 is 2.43 bits per heavy atom. The van der Waals surface area contributed by atoms with Crippen molar-refractivity contribution in [2.75, 3.05) is 6.54 Å². The molecule has 2 aromatic carbocycles. The largest absolute Gasteiger partial charge is 0.349 e. The van der Waals surface area contributed by atoms with E-state index < -0.39 is 15.9 Å². The molecule has 0 saturated carbocycles. The highest BCUT2D eigenvalue weighted by atomic mass is 32.2. The third kappa shape index (κ3) is 4.45. The van der Waals surface area contributed by atoms with E-state index in [1.54, 1.807) is 36.5 Å². The van der Waals surface area contributed by atoms with Crippen LogP contribution in [0.5, 0.6) is 0 Å². The van der Waals surface area contributed by atoms with Crippen LogP contribution in [-0.4, -0.2) is 30.2 Å². The minimum absolute atomic E-state index is 0.134. The zero-order valence-corrected chi connectivity index (χ0v) is 18.0. The quantitative estimate of drug-likeness (QED) is 0.634. The maximum Gasteiger partial charge on any atom is 0.243 e. The molecular weight excluding hydrogens is 418 g/mol. The molecule has 30 heavy (non-hydrogen) atoms. The highest BCUT2D eigenvalue weighted by Crippen LogP contribution is 2.37. The second-order valence-corrected chi connectivity index (χ2v) is 10.1. The molecule has 1 saturated heterocycles. The van der Waals surface area contributed by atoms with E-state index in [4.69, 9.17) is 0 Å². The smallest absolute Gasteiger partial charge is 0.243 e. The lowest BCUT2D eigenvalue weighted by atomic mass is 9.90. The normalized spacial score (nSPS) is 20.0. The van der Waals surface area contributed by atoms with Crippen molar-refractivity contribution < 1.29 is 13.2 Å². The molecule has 2 unspecified atom stereocenters. The Hall–Kier alpha value is -2.55. The van der Waals surface area contributed by atoms with Crippen LogP contribution < -0.4 is 5.32 Å². The van der Waals surface area contributed by atoms with Crippen LogP contribution in [0.1, 0.15) is 29.5 Å². The summed E-state index contributed by atoms with van der Waals surface area (Å²) in [6, 6.07) is 17.8. The van der Waals surface area contributed by atoms with Crippen LogP contribution in [0.25, 0.3) is 0 Å². The first-order valence-corrected chi connectivity index (χ1v) is 12.2. The number of amides is 1. The van der Waals surface area contributed by atoms with Crippen molar-refractivity contribution in [2.45, 2.75) is 30.3 Å². The maximum absolute atomic E-state index is 13.5. The molecule has 6 nitrogen and oxygen atoms in total. The van der Waals surface area contributed by atoms with E-state index >= 15 is 0 Å². The number of carbonyl (C=O) groups excluding carboxylic acids is 1. The molecule has 1 amide bonds. The third-order valence-corrected chi connectivity index (χ3v) is 8.01. The third-order valence-electron chi connectivity index (χ3n) is 5.34. The number of rotatable bonds is 6. The number of nitrogens with zero attached hydrogens (tertiary/aromatic N) is 2. The number of carbonyl (C=O) groups is 1. The Bertz CT molecular complexity index is 1070. The Morgan fingerprint density at radius 2 is 1.77 bits per heavy atom. The van der Waals surface area contributed by atoms with E-state index in [1.165, 1.54) is 15.6 Å². The number of benzene rings is 2. The number of thiazole rings is 1. The number of nitrogens with one attached hydrogen (secondary N) is 1. The zero-order valence-electron chi connectivity index (χ0n) is 16.3. The molecule has 2 atom stereocenters. The van der Waals surface area contributed by atoms with Gasteiger partial charge in [-0.3, -0.25) is 4.79 Å². The van der Waals surface area contributed by atoms with Crippen molar-refractivity contribution in [2.24, 2.45) is 5.92 Å². The number of piperidine rings is 1. The van der Waals surface area contributed by atoms with E-state index in [0.29, 0.717) is 19.4 Å². The van der Waals surface area contributed by atoms with E-state index in [-0.39, 0.29) is 23.4 Å². The van der Waals surface area contributed by atoms with Crippen LogP contribution in [0.15, 0.2) is 77.1 Å². The van der Waals surface area contributed by atoms with Gasteiger partial charge in [0.15, 0.2) is 0 Å². The van der Waals surface area contributed by atoms with Crippen LogP contribution in [-0.2, 0) is 21.4 Å². The minimum atomic E-state index is -3.74. The van der Waals surface area contributed by atoms with Gasteiger partial charge in [-0.25, -0.2) is 13.4 Å². The molecule has 4 rings (SSSR count). The lowest BCUT2D eigenvalue weighted by Gasteiger charge is -2.38. The average molecular weight is 442 g/mol. The number of sulfonamides is 1. The maximum atomic E-state index is 13.5. The monoisotopic (exact) mass is 441 g/mol. The highest BCUT2D eigenvalue weighted by molar-refractivity contribution is 7.89. The molecular formula is C22H23N3O3S2. The van der Waals surface area contributed by atoms with Gasteiger partial charge in [0.1, 0.15) is 5.01 Å². The summed E-state index contributed by atoms with van der Waals surface area (Å²) < 4.78 is 28.4. The lowest BCUT2D eigenvalue weighted by Crippen LogP contribution is -2.46. The second kappa shape index (κ2) is 9.07. The lowest BCUT2D eigenvalue weighted by molar-refractivity contribution is -0.126. The first-order valence-electron chi connectivity index (χ1n) is 9.83. The van der Waals surface area contributed by atoms with Crippen LogP contribution in [0, 0.1) is 5.92 Å². The summed E-state index contributed by atoms with van der Waals surface area (Å²) in [5.74, 6) is -0.534. The molecule has 0 bridgehead atoms. The van der Waals surface area contributed by atoms with E-state index in [9.17, 15) is 13.2 Å². The molecule has 156 valence electrons. The van der Waals surface area contributed by atoms with Gasteiger partial charge in [-0.2, -0.15) is 4.31 Å². The van der Waals surface area contributed by atoms with E-state index in [0.717, 1.165) is 10.6 Å². The van der Waals surface area contributed by atoms with E-state index in [2.05, 4.69) is 10.3 Å². The minimum Gasteiger partial charge on any atom is -0.349 e. The van der Waals surface area contributed by atoms with Gasteiger partial charge in [-0.1, -0.05) is 48.5 Å². The molecule has 8 heteroatoms. The summed E-state index contributed by atoms with van der Waals surface area (Å²) in [5.41, 5.74) is 0.943. The Kier molecular flexibility index (Phi) is 6.26. The fraction of sp³-hybridized carbons (Fsp3) is 0.273. The van der Waals surface area contributed by atoms with Gasteiger partial charge in [-0.15, -0.1) is 11.3 Å². The van der Waals surface area contributed by atoms with Gasteiger partial charge < -0.3 is 5.32 Å². The molecule has 0 aliphatic carbocycles. The molecule has 1 fully saturated rings. The van der Waals surface area contributed by atoms with Crippen LogP contribution >= 0.6 is 11.3 Å².